The first-order chi connectivity index (χ1) is 5.15. The van der Waals surface area contributed by atoms with Gasteiger partial charge in [-0.2, -0.15) is 4.48 Å². The molecule has 11 heavy (non-hydrogen) atoms. The number of carbonyl (C=O) groups is 1. The Bertz CT molecular complexity index is 248. The Kier molecular flexibility index (Phi) is 2.01. The summed E-state index contributed by atoms with van der Waals surface area (Å²) in [5.41, 5.74) is 0.939. The molecule has 1 heterocycles. The average Bonchev–Trinajstić information content (AvgIpc) is 2.30. The topological polar surface area (TPSA) is 55.4 Å². The molecule has 0 aromatic rings. The van der Waals surface area contributed by atoms with Gasteiger partial charge in [-0.05, 0) is 11.8 Å². The standard InChI is InChI=1S/C6H10N3OS/c1-5-3-11-6(8-7)9(5,2)4-10/h3-4H,7H2,1-2H3/q+1. The minimum absolute atomic E-state index is 0.0845. The van der Waals surface area contributed by atoms with Crippen molar-refractivity contribution in [3.8, 4) is 0 Å². The lowest BCUT2D eigenvalue weighted by atomic mass is 10.4. The summed E-state index contributed by atoms with van der Waals surface area (Å²) in [5.74, 6) is 5.11. The largest absolute Gasteiger partial charge is 0.317 e. The molecule has 1 atom stereocenters. The Morgan fingerprint density at radius 1 is 1.82 bits per heavy atom. The number of amidine groups is 1. The van der Waals surface area contributed by atoms with Crippen molar-refractivity contribution in [1.29, 1.82) is 0 Å². The van der Waals surface area contributed by atoms with Gasteiger partial charge in [0, 0.05) is 12.3 Å². The molecule has 0 radical (unpaired) electrons. The fourth-order valence-electron chi connectivity index (χ4n) is 0.786. The number of allylic oxidation sites excluding steroid dienone is 1. The van der Waals surface area contributed by atoms with Gasteiger partial charge in [0.15, 0.2) is 0 Å². The van der Waals surface area contributed by atoms with Crippen LogP contribution in [-0.2, 0) is 4.79 Å². The molecule has 5 heteroatoms. The van der Waals surface area contributed by atoms with E-state index in [1.165, 1.54) is 11.8 Å². The van der Waals surface area contributed by atoms with Crippen molar-refractivity contribution in [3.63, 3.8) is 0 Å². The molecule has 0 saturated carbocycles. The van der Waals surface area contributed by atoms with Gasteiger partial charge in [-0.3, -0.25) is 0 Å². The number of hydrogen-bond acceptors (Lipinski definition) is 4. The molecule has 4 nitrogen and oxygen atoms in total. The van der Waals surface area contributed by atoms with Crippen LogP contribution >= 0.6 is 11.8 Å². The highest BCUT2D eigenvalue weighted by atomic mass is 32.2. The highest BCUT2D eigenvalue weighted by Gasteiger charge is 2.37. The summed E-state index contributed by atoms with van der Waals surface area (Å²) < 4.78 is 0.0845. The maximum Gasteiger partial charge on any atom is 0.312 e. The number of thioether (sulfide) groups is 1. The molecule has 0 aliphatic carbocycles. The summed E-state index contributed by atoms with van der Waals surface area (Å²) in [7, 11) is 1.75. The van der Waals surface area contributed by atoms with Crippen molar-refractivity contribution in [2.75, 3.05) is 7.05 Å². The van der Waals surface area contributed by atoms with E-state index in [0.717, 1.165) is 12.1 Å². The van der Waals surface area contributed by atoms with Crippen LogP contribution in [0.5, 0.6) is 0 Å². The fourth-order valence-corrected chi connectivity index (χ4v) is 1.75. The van der Waals surface area contributed by atoms with Crippen LogP contribution < -0.4 is 5.84 Å². The van der Waals surface area contributed by atoms with E-state index < -0.39 is 0 Å². The average molecular weight is 172 g/mol. The van der Waals surface area contributed by atoms with Crippen LogP contribution in [0.2, 0.25) is 0 Å². The van der Waals surface area contributed by atoms with Crippen LogP contribution in [0.4, 0.5) is 0 Å². The van der Waals surface area contributed by atoms with Gasteiger partial charge in [0.1, 0.15) is 5.70 Å². The number of hydrazone groups is 1. The van der Waals surface area contributed by atoms with Crippen LogP contribution in [-0.4, -0.2) is 23.1 Å². The molecule has 1 rings (SSSR count). The second-order valence-corrected chi connectivity index (χ2v) is 3.31. The van der Waals surface area contributed by atoms with Crippen molar-refractivity contribution in [2.45, 2.75) is 6.92 Å². The zero-order valence-electron chi connectivity index (χ0n) is 6.44. The van der Waals surface area contributed by atoms with E-state index in [1.54, 1.807) is 7.05 Å². The van der Waals surface area contributed by atoms with Gasteiger partial charge in [0.2, 0.25) is 0 Å². The number of rotatable bonds is 1. The lowest BCUT2D eigenvalue weighted by molar-refractivity contribution is -0.681. The molecule has 1 aliphatic rings. The lowest BCUT2D eigenvalue weighted by Crippen LogP contribution is -2.42. The molecule has 0 spiro atoms. The summed E-state index contributed by atoms with van der Waals surface area (Å²) in [6.07, 6.45) is 0.817. The predicted octanol–water partition coefficient (Wildman–Crippen LogP) is 0.427. The van der Waals surface area contributed by atoms with Gasteiger partial charge < -0.3 is 5.84 Å². The van der Waals surface area contributed by atoms with Crippen LogP contribution in [0.3, 0.4) is 0 Å². The third kappa shape index (κ3) is 1.06. The highest BCUT2D eigenvalue weighted by Crippen LogP contribution is 2.30. The molecular formula is C6H10N3OS+. The normalized spacial score (nSPS) is 34.0. The van der Waals surface area contributed by atoms with Crippen molar-refractivity contribution in [2.24, 2.45) is 10.9 Å². The van der Waals surface area contributed by atoms with Crippen molar-refractivity contribution in [1.82, 2.24) is 0 Å². The maximum absolute atomic E-state index is 10.7. The Morgan fingerprint density at radius 2 is 2.45 bits per heavy atom. The van der Waals surface area contributed by atoms with E-state index in [0.29, 0.717) is 5.17 Å². The maximum atomic E-state index is 10.7. The van der Waals surface area contributed by atoms with Crippen LogP contribution in [0, 0.1) is 0 Å². The van der Waals surface area contributed by atoms with Crippen molar-refractivity contribution >= 4 is 23.3 Å². The molecule has 0 fully saturated rings. The number of quaternary nitrogens is 1. The molecule has 1 amide bonds. The molecule has 0 bridgehead atoms. The monoisotopic (exact) mass is 172 g/mol. The molecule has 1 aliphatic heterocycles. The molecule has 0 aromatic carbocycles. The number of carbonyl (C=O) groups excluding carboxylic acids is 1. The van der Waals surface area contributed by atoms with Gasteiger partial charge in [-0.15, -0.1) is 5.10 Å². The third-order valence-electron chi connectivity index (χ3n) is 1.79. The SMILES string of the molecule is CC1=CSC(=NN)[N+]1(C)C=O. The number of hydrogen-bond donors (Lipinski definition) is 1. The Hall–Kier alpha value is -0.810. The summed E-state index contributed by atoms with van der Waals surface area (Å²) in [5, 5.41) is 6.01. The summed E-state index contributed by atoms with van der Waals surface area (Å²) >= 11 is 1.39. The van der Waals surface area contributed by atoms with Crippen LogP contribution in [0.1, 0.15) is 6.92 Å². The van der Waals surface area contributed by atoms with Crippen molar-refractivity contribution < 1.29 is 9.28 Å². The first kappa shape index (κ1) is 8.29. The van der Waals surface area contributed by atoms with E-state index in [4.69, 9.17) is 5.84 Å². The number of amides is 1. The Balaban J connectivity index is 3.07. The van der Waals surface area contributed by atoms with E-state index in [-0.39, 0.29) is 4.48 Å². The minimum Gasteiger partial charge on any atom is -0.317 e. The molecule has 1 unspecified atom stereocenters. The Labute approximate surface area is 69.3 Å². The zero-order chi connectivity index (χ0) is 8.48. The second kappa shape index (κ2) is 2.67. The third-order valence-corrected chi connectivity index (χ3v) is 2.94. The first-order valence-electron chi connectivity index (χ1n) is 3.10. The van der Waals surface area contributed by atoms with Gasteiger partial charge >= 0.3 is 6.41 Å². The van der Waals surface area contributed by atoms with E-state index in [1.807, 2.05) is 12.3 Å². The highest BCUT2D eigenvalue weighted by molar-refractivity contribution is 8.16. The van der Waals surface area contributed by atoms with E-state index >= 15 is 0 Å². The lowest BCUT2D eigenvalue weighted by Gasteiger charge is -2.19. The molecule has 0 saturated heterocycles. The molecular weight excluding hydrogens is 162 g/mol. The number of nitrogens with two attached hydrogens (primary N) is 1. The zero-order valence-corrected chi connectivity index (χ0v) is 7.26. The summed E-state index contributed by atoms with van der Waals surface area (Å²) in [6, 6.07) is 0. The van der Waals surface area contributed by atoms with Gasteiger partial charge in [0.25, 0.3) is 5.17 Å². The molecule has 0 aromatic heterocycles. The Morgan fingerprint density at radius 3 is 2.82 bits per heavy atom. The van der Waals surface area contributed by atoms with Gasteiger partial charge in [-0.1, -0.05) is 0 Å². The minimum atomic E-state index is 0.0845. The van der Waals surface area contributed by atoms with E-state index in [2.05, 4.69) is 5.10 Å². The summed E-state index contributed by atoms with van der Waals surface area (Å²) in [6.45, 7) is 1.87. The van der Waals surface area contributed by atoms with Crippen LogP contribution in [0.25, 0.3) is 0 Å². The van der Waals surface area contributed by atoms with Gasteiger partial charge in [0.05, 0.1) is 7.05 Å². The molecule has 2 N–H and O–H groups in total. The smallest absolute Gasteiger partial charge is 0.312 e. The second-order valence-electron chi connectivity index (χ2n) is 2.47. The molecule has 60 valence electrons. The predicted molar refractivity (Wildman–Crippen MR) is 45.2 cm³/mol. The summed E-state index contributed by atoms with van der Waals surface area (Å²) in [4.78, 5) is 10.7. The number of nitrogens with zero attached hydrogens (tertiary/aromatic N) is 2. The quantitative estimate of drug-likeness (QED) is 0.270. The van der Waals surface area contributed by atoms with Crippen molar-refractivity contribution in [3.05, 3.63) is 11.1 Å². The van der Waals surface area contributed by atoms with Gasteiger partial charge in [-0.25, -0.2) is 4.79 Å². The van der Waals surface area contributed by atoms with E-state index in [9.17, 15) is 4.79 Å². The fraction of sp³-hybridized carbons (Fsp3) is 0.333. The van der Waals surface area contributed by atoms with Crippen LogP contribution in [0.15, 0.2) is 16.2 Å². The first-order valence-corrected chi connectivity index (χ1v) is 3.98.